The number of nitrogens with one attached hydrogen (secondary N) is 1. The van der Waals surface area contributed by atoms with Gasteiger partial charge in [0.2, 0.25) is 0 Å². The van der Waals surface area contributed by atoms with Crippen LogP contribution in [0.15, 0.2) is 35.5 Å². The van der Waals surface area contributed by atoms with Crippen molar-refractivity contribution in [2.24, 2.45) is 63.1 Å². The van der Waals surface area contributed by atoms with Crippen molar-refractivity contribution in [3.63, 3.8) is 0 Å². The molecule has 1 aliphatic heterocycles. The molecule has 9 heteroatoms. The predicted octanol–water partition coefficient (Wildman–Crippen LogP) is 6.98. The average Bonchev–Trinajstić information content (AvgIpc) is 3.66. The molecule has 11 unspecified atom stereocenters. The van der Waals surface area contributed by atoms with Crippen LogP contribution in [0.25, 0.3) is 0 Å². The van der Waals surface area contributed by atoms with E-state index < -0.39 is 33.6 Å². The molecule has 0 aromatic rings. The Hall–Kier alpha value is -1.97. The van der Waals surface area contributed by atoms with Crippen molar-refractivity contribution in [1.82, 2.24) is 10.2 Å². The van der Waals surface area contributed by atoms with Crippen LogP contribution in [0.2, 0.25) is 0 Å². The number of carboxylic acid groups (broad SMARTS) is 2. The van der Waals surface area contributed by atoms with Gasteiger partial charge in [0.05, 0.1) is 23.3 Å². The van der Waals surface area contributed by atoms with Crippen LogP contribution in [0.3, 0.4) is 0 Å². The Bertz CT molecular complexity index is 1630. The third-order valence-electron chi connectivity index (χ3n) is 17.2. The molecule has 8 nitrogen and oxygen atoms in total. The summed E-state index contributed by atoms with van der Waals surface area (Å²) in [6, 6.07) is 0. The molecule has 0 radical (unpaired) electrons. The van der Waals surface area contributed by atoms with Gasteiger partial charge in [-0.1, -0.05) is 58.9 Å². The van der Waals surface area contributed by atoms with E-state index in [-0.39, 0.29) is 38.7 Å². The summed E-state index contributed by atoms with van der Waals surface area (Å²) in [7, 11) is -2.88. The number of fused-ring (bicyclic) bond motifs is 7. The van der Waals surface area contributed by atoms with Gasteiger partial charge in [0.15, 0.2) is 9.84 Å². The first-order valence-corrected chi connectivity index (χ1v) is 21.8. The van der Waals surface area contributed by atoms with Crippen LogP contribution in [0, 0.1) is 63.1 Å². The van der Waals surface area contributed by atoms with Gasteiger partial charge in [0, 0.05) is 31.7 Å². The van der Waals surface area contributed by atoms with E-state index in [0.29, 0.717) is 49.1 Å². The molecule has 7 rings (SSSR count). The lowest BCUT2D eigenvalue weighted by Crippen LogP contribution is -2.68. The Morgan fingerprint density at radius 1 is 0.902 bits per heavy atom. The fourth-order valence-electron chi connectivity index (χ4n) is 14.5. The first-order chi connectivity index (χ1) is 23.8. The molecule has 11 atom stereocenters. The third-order valence-corrected chi connectivity index (χ3v) is 18.8. The van der Waals surface area contributed by atoms with Gasteiger partial charge in [-0.2, -0.15) is 0 Å². The van der Waals surface area contributed by atoms with Gasteiger partial charge < -0.3 is 20.4 Å². The smallest absolute Gasteiger partial charge is 0.311 e. The maximum absolute atomic E-state index is 12.1. The molecule has 7 aliphatic rings. The summed E-state index contributed by atoms with van der Waals surface area (Å²) in [4.78, 5) is 26.4. The van der Waals surface area contributed by atoms with Crippen LogP contribution >= 0.6 is 0 Å². The van der Waals surface area contributed by atoms with Crippen LogP contribution in [0.4, 0.5) is 0 Å². The number of carboxylic acids is 2. The molecule has 1 heterocycles. The number of allylic oxidation sites excluding steroid dienone is 4. The summed E-state index contributed by atoms with van der Waals surface area (Å²) in [5, 5.41) is 23.9. The highest BCUT2D eigenvalue weighted by Crippen LogP contribution is 2.76. The summed E-state index contributed by atoms with van der Waals surface area (Å²) in [6.07, 6.45) is 15.0. The SMILES string of the molecule is C=C(C)C1CCC2(NCCN3CCS(=O)(=O)CC3)CCC3(C)C(CCC4C5(C)CC=C(C6=CC(C(=O)O)C(C(=O)O)C6)C(C)(C)C5CCC43C)C12. The van der Waals surface area contributed by atoms with Crippen LogP contribution in [-0.2, 0) is 19.4 Å². The van der Waals surface area contributed by atoms with E-state index in [0.717, 1.165) is 31.5 Å². The van der Waals surface area contributed by atoms with Crippen molar-refractivity contribution >= 4 is 21.8 Å². The molecule has 0 amide bonds. The second kappa shape index (κ2) is 12.5. The lowest BCUT2D eigenvalue weighted by Gasteiger charge is -2.72. The Labute approximate surface area is 306 Å². The van der Waals surface area contributed by atoms with Crippen molar-refractivity contribution in [1.29, 1.82) is 0 Å². The molecule has 4 saturated carbocycles. The van der Waals surface area contributed by atoms with E-state index in [4.69, 9.17) is 0 Å². The lowest BCUT2D eigenvalue weighted by molar-refractivity contribution is -0.221. The number of hydrogen-bond acceptors (Lipinski definition) is 6. The molecular formula is C42H64N2O6S. The third kappa shape index (κ3) is 5.66. The van der Waals surface area contributed by atoms with Crippen molar-refractivity contribution in [2.45, 2.75) is 111 Å². The summed E-state index contributed by atoms with van der Waals surface area (Å²) < 4.78 is 24.1. The number of rotatable bonds is 8. The summed E-state index contributed by atoms with van der Waals surface area (Å²) >= 11 is 0. The minimum atomic E-state index is -2.88. The van der Waals surface area contributed by atoms with Crippen molar-refractivity contribution in [3.05, 3.63) is 35.5 Å². The Balaban J connectivity index is 1.14. The zero-order valence-electron chi connectivity index (χ0n) is 32.1. The predicted molar refractivity (Wildman–Crippen MR) is 201 cm³/mol. The monoisotopic (exact) mass is 724 g/mol. The molecule has 6 aliphatic carbocycles. The first kappa shape index (κ1) is 37.3. The molecule has 0 spiro atoms. The molecule has 1 saturated heterocycles. The zero-order valence-corrected chi connectivity index (χ0v) is 32.9. The van der Waals surface area contributed by atoms with Gasteiger partial charge in [-0.15, -0.1) is 0 Å². The number of aliphatic carboxylic acids is 2. The number of carbonyl (C=O) groups is 2. The summed E-state index contributed by atoms with van der Waals surface area (Å²) in [5.74, 6) is -0.641. The molecule has 284 valence electrons. The van der Waals surface area contributed by atoms with Crippen LogP contribution < -0.4 is 5.32 Å². The van der Waals surface area contributed by atoms with E-state index in [9.17, 15) is 28.2 Å². The number of sulfone groups is 1. The van der Waals surface area contributed by atoms with Crippen LogP contribution in [-0.4, -0.2) is 78.7 Å². The minimum Gasteiger partial charge on any atom is -0.481 e. The maximum atomic E-state index is 12.1. The Kier molecular flexibility index (Phi) is 9.19. The van der Waals surface area contributed by atoms with Gasteiger partial charge in [-0.05, 0) is 134 Å². The highest BCUT2D eigenvalue weighted by atomic mass is 32.2. The van der Waals surface area contributed by atoms with Gasteiger partial charge >= 0.3 is 11.9 Å². The number of hydrogen-bond donors (Lipinski definition) is 3. The van der Waals surface area contributed by atoms with E-state index in [1.807, 2.05) is 0 Å². The molecule has 0 aromatic carbocycles. The van der Waals surface area contributed by atoms with Crippen LogP contribution in [0.1, 0.15) is 106 Å². The Morgan fingerprint density at radius 2 is 1.61 bits per heavy atom. The normalized spacial score (nSPS) is 45.7. The minimum absolute atomic E-state index is 0.112. The van der Waals surface area contributed by atoms with Gasteiger partial charge in [0.1, 0.15) is 0 Å². The van der Waals surface area contributed by atoms with Gasteiger partial charge in [0.25, 0.3) is 0 Å². The van der Waals surface area contributed by atoms with Gasteiger partial charge in [-0.3, -0.25) is 9.59 Å². The fraction of sp³-hybridized carbons (Fsp3) is 0.810. The molecule has 0 bridgehead atoms. The first-order valence-electron chi connectivity index (χ1n) is 20.0. The largest absolute Gasteiger partial charge is 0.481 e. The van der Waals surface area contributed by atoms with Crippen molar-refractivity contribution in [3.8, 4) is 0 Å². The topological polar surface area (TPSA) is 124 Å². The lowest BCUT2D eigenvalue weighted by atomic mass is 9.33. The quantitative estimate of drug-likeness (QED) is 0.229. The molecule has 5 fully saturated rings. The standard InChI is InChI=1S/C42H64N2O6S/c1-26(2)28-10-15-42(43-18-19-44-20-22-51(49,50)23-21-44)17-16-40(6)32(35(28)42)8-9-34-39(5)13-11-31(38(3,4)33(39)12-14-41(34,40)7)27-24-29(36(45)46)30(25-27)37(47)48/h11,24,28-30,32-35,43H,1,8-10,12-23,25H2,2-7H3,(H,45,46)(H,47,48). The van der Waals surface area contributed by atoms with Crippen molar-refractivity contribution < 1.29 is 28.2 Å². The second-order valence-electron chi connectivity index (χ2n) is 19.5. The molecule has 0 aromatic heterocycles. The maximum Gasteiger partial charge on any atom is 0.311 e. The molecule has 51 heavy (non-hydrogen) atoms. The van der Waals surface area contributed by atoms with E-state index in [2.05, 4.69) is 64.4 Å². The average molecular weight is 725 g/mol. The molecular weight excluding hydrogens is 661 g/mol. The van der Waals surface area contributed by atoms with Crippen LogP contribution in [0.5, 0.6) is 0 Å². The molecule has 3 N–H and O–H groups in total. The Morgan fingerprint density at radius 3 is 2.24 bits per heavy atom. The summed E-state index contributed by atoms with van der Waals surface area (Å²) in [6.45, 7) is 22.5. The fourth-order valence-corrected chi connectivity index (χ4v) is 15.8. The van der Waals surface area contributed by atoms with E-state index in [1.54, 1.807) is 6.08 Å². The van der Waals surface area contributed by atoms with Crippen molar-refractivity contribution in [2.75, 3.05) is 37.7 Å². The zero-order chi connectivity index (χ0) is 36.9. The van der Waals surface area contributed by atoms with E-state index >= 15 is 0 Å². The second-order valence-corrected chi connectivity index (χ2v) is 21.8. The summed E-state index contributed by atoms with van der Waals surface area (Å²) in [5.41, 5.74) is 3.94. The highest BCUT2D eigenvalue weighted by molar-refractivity contribution is 7.91. The highest BCUT2D eigenvalue weighted by Gasteiger charge is 2.70. The van der Waals surface area contributed by atoms with Gasteiger partial charge in [-0.25, -0.2) is 8.42 Å². The number of nitrogens with zero attached hydrogens (tertiary/aromatic N) is 1. The van der Waals surface area contributed by atoms with E-state index in [1.165, 1.54) is 56.1 Å².